The molecule has 0 spiro atoms. The van der Waals surface area contributed by atoms with Crippen LogP contribution in [0.1, 0.15) is 15.9 Å². The van der Waals surface area contributed by atoms with Gasteiger partial charge >= 0.3 is 5.97 Å². The van der Waals surface area contributed by atoms with Crippen LogP contribution in [-0.2, 0) is 11.2 Å². The third-order valence-corrected chi connectivity index (χ3v) is 2.29. The van der Waals surface area contributed by atoms with E-state index in [-0.39, 0.29) is 12.3 Å². The molecule has 1 aliphatic rings. The molecule has 0 unspecified atom stereocenters. The fourth-order valence-electron chi connectivity index (χ4n) is 1.59. The quantitative estimate of drug-likeness (QED) is 0.759. The largest absolute Gasteiger partial charge is 0.491 e. The topological polar surface area (TPSA) is 75.6 Å². The minimum absolute atomic E-state index is 0.0967. The highest BCUT2D eigenvalue weighted by atomic mass is 16.5. The number of fused-ring (bicyclic) bond motifs is 1. The Morgan fingerprint density at radius 1 is 1.50 bits per heavy atom. The average molecular weight is 221 g/mol. The van der Waals surface area contributed by atoms with Crippen molar-refractivity contribution in [2.45, 2.75) is 6.42 Å². The Morgan fingerprint density at radius 3 is 3.06 bits per heavy atom. The molecule has 0 saturated heterocycles. The van der Waals surface area contributed by atoms with Crippen LogP contribution in [-0.4, -0.2) is 30.1 Å². The Hall–Kier alpha value is -2.04. The van der Waals surface area contributed by atoms with Crippen molar-refractivity contribution in [2.75, 3.05) is 13.2 Å². The van der Waals surface area contributed by atoms with Gasteiger partial charge in [0.15, 0.2) is 0 Å². The van der Waals surface area contributed by atoms with Gasteiger partial charge in [0.1, 0.15) is 12.4 Å². The summed E-state index contributed by atoms with van der Waals surface area (Å²) < 4.78 is 5.35. The molecule has 0 bridgehead atoms. The fourth-order valence-corrected chi connectivity index (χ4v) is 1.59. The van der Waals surface area contributed by atoms with Gasteiger partial charge in [0.05, 0.1) is 18.5 Å². The number of carboxylic acid groups (broad SMARTS) is 1. The molecule has 0 aromatic heterocycles. The molecular weight excluding hydrogens is 210 g/mol. The maximum Gasteiger partial charge on any atom is 0.307 e. The van der Waals surface area contributed by atoms with Gasteiger partial charge < -0.3 is 15.2 Å². The van der Waals surface area contributed by atoms with Crippen LogP contribution in [0, 0.1) is 0 Å². The van der Waals surface area contributed by atoms with Gasteiger partial charge in [-0.05, 0) is 17.7 Å². The molecule has 0 fully saturated rings. The summed E-state index contributed by atoms with van der Waals surface area (Å²) in [7, 11) is 0. The predicted molar refractivity (Wildman–Crippen MR) is 55.6 cm³/mol. The molecule has 84 valence electrons. The molecule has 1 amide bonds. The number of carbonyl (C=O) groups is 2. The van der Waals surface area contributed by atoms with E-state index in [2.05, 4.69) is 5.32 Å². The molecule has 0 radical (unpaired) electrons. The lowest BCUT2D eigenvalue weighted by Crippen LogP contribution is -2.24. The zero-order valence-electron chi connectivity index (χ0n) is 8.53. The van der Waals surface area contributed by atoms with Crippen molar-refractivity contribution in [3.63, 3.8) is 0 Å². The van der Waals surface area contributed by atoms with Crippen LogP contribution in [0.25, 0.3) is 0 Å². The third kappa shape index (κ3) is 2.13. The van der Waals surface area contributed by atoms with Gasteiger partial charge in [0.25, 0.3) is 5.91 Å². The van der Waals surface area contributed by atoms with E-state index in [9.17, 15) is 9.59 Å². The molecule has 0 aliphatic carbocycles. The van der Waals surface area contributed by atoms with E-state index in [1.165, 1.54) is 0 Å². The van der Waals surface area contributed by atoms with E-state index in [1.807, 2.05) is 0 Å². The highest BCUT2D eigenvalue weighted by molar-refractivity contribution is 5.97. The molecule has 1 aromatic rings. The Bertz CT molecular complexity index is 442. The number of benzene rings is 1. The van der Waals surface area contributed by atoms with Gasteiger partial charge in [-0.15, -0.1) is 0 Å². The van der Waals surface area contributed by atoms with E-state index in [4.69, 9.17) is 9.84 Å². The number of rotatable bonds is 2. The zero-order valence-corrected chi connectivity index (χ0v) is 8.53. The first-order valence-corrected chi connectivity index (χ1v) is 4.92. The zero-order chi connectivity index (χ0) is 11.5. The summed E-state index contributed by atoms with van der Waals surface area (Å²) in [6.07, 6.45) is -0.0967. The lowest BCUT2D eigenvalue weighted by Gasteiger charge is -2.06. The highest BCUT2D eigenvalue weighted by Crippen LogP contribution is 2.21. The Kier molecular flexibility index (Phi) is 2.76. The van der Waals surface area contributed by atoms with Gasteiger partial charge in [-0.1, -0.05) is 6.07 Å². The van der Waals surface area contributed by atoms with E-state index in [1.54, 1.807) is 18.2 Å². The number of ether oxygens (including phenoxy) is 1. The van der Waals surface area contributed by atoms with Gasteiger partial charge in [0, 0.05) is 0 Å². The van der Waals surface area contributed by atoms with Crippen LogP contribution < -0.4 is 10.1 Å². The van der Waals surface area contributed by atoms with Crippen molar-refractivity contribution in [2.24, 2.45) is 0 Å². The number of hydrogen-bond donors (Lipinski definition) is 2. The van der Waals surface area contributed by atoms with Crippen molar-refractivity contribution in [1.82, 2.24) is 5.32 Å². The summed E-state index contributed by atoms with van der Waals surface area (Å²) in [5.41, 5.74) is 0.989. The lowest BCUT2D eigenvalue weighted by atomic mass is 10.1. The molecule has 1 aromatic carbocycles. The second-order valence-electron chi connectivity index (χ2n) is 3.51. The second-order valence-corrected chi connectivity index (χ2v) is 3.51. The molecule has 2 N–H and O–H groups in total. The molecule has 0 saturated carbocycles. The first kappa shape index (κ1) is 10.5. The molecule has 2 rings (SSSR count). The summed E-state index contributed by atoms with van der Waals surface area (Å²) in [6.45, 7) is 0.888. The average Bonchev–Trinajstić information content (AvgIpc) is 2.41. The first-order valence-electron chi connectivity index (χ1n) is 4.92. The Morgan fingerprint density at radius 2 is 2.31 bits per heavy atom. The number of nitrogens with one attached hydrogen (secondary N) is 1. The smallest absolute Gasteiger partial charge is 0.307 e. The molecule has 5 heteroatoms. The van der Waals surface area contributed by atoms with Crippen molar-refractivity contribution in [3.8, 4) is 5.75 Å². The molecule has 16 heavy (non-hydrogen) atoms. The Labute approximate surface area is 92.0 Å². The van der Waals surface area contributed by atoms with Crippen LogP contribution in [0.2, 0.25) is 0 Å². The number of carboxylic acids is 1. The number of carbonyl (C=O) groups excluding carboxylic acids is 1. The molecule has 0 atom stereocenters. The van der Waals surface area contributed by atoms with Gasteiger partial charge in [0.2, 0.25) is 0 Å². The van der Waals surface area contributed by atoms with Crippen LogP contribution in [0.3, 0.4) is 0 Å². The van der Waals surface area contributed by atoms with E-state index in [0.29, 0.717) is 30.0 Å². The molecule has 5 nitrogen and oxygen atoms in total. The Balaban J connectivity index is 2.35. The normalized spacial score (nSPS) is 14.4. The monoisotopic (exact) mass is 221 g/mol. The summed E-state index contributed by atoms with van der Waals surface area (Å²) in [5.74, 6) is -0.640. The fraction of sp³-hybridized carbons (Fsp3) is 0.273. The molecule has 1 heterocycles. The first-order chi connectivity index (χ1) is 7.66. The van der Waals surface area contributed by atoms with E-state index in [0.717, 1.165) is 0 Å². The minimum Gasteiger partial charge on any atom is -0.491 e. The van der Waals surface area contributed by atoms with E-state index < -0.39 is 5.97 Å². The van der Waals surface area contributed by atoms with Crippen LogP contribution >= 0.6 is 0 Å². The van der Waals surface area contributed by atoms with Crippen molar-refractivity contribution < 1.29 is 19.4 Å². The second kappa shape index (κ2) is 4.22. The molecular formula is C11H11NO4. The number of amides is 1. The highest BCUT2D eigenvalue weighted by Gasteiger charge is 2.17. The third-order valence-electron chi connectivity index (χ3n) is 2.29. The van der Waals surface area contributed by atoms with Crippen molar-refractivity contribution >= 4 is 11.9 Å². The molecule has 1 aliphatic heterocycles. The summed E-state index contributed by atoms with van der Waals surface area (Å²) in [5, 5.41) is 11.3. The summed E-state index contributed by atoms with van der Waals surface area (Å²) >= 11 is 0. The van der Waals surface area contributed by atoms with E-state index >= 15 is 0 Å². The minimum atomic E-state index is -0.921. The van der Waals surface area contributed by atoms with Crippen molar-refractivity contribution in [1.29, 1.82) is 0 Å². The maximum absolute atomic E-state index is 11.6. The standard InChI is InChI=1S/C11H11NO4/c13-10(14)6-7-1-2-9-8(5-7)11(15)12-3-4-16-9/h1-2,5H,3-4,6H2,(H,12,15)(H,13,14). The van der Waals surface area contributed by atoms with Gasteiger partial charge in [-0.2, -0.15) is 0 Å². The van der Waals surface area contributed by atoms with Crippen LogP contribution in [0.4, 0.5) is 0 Å². The summed E-state index contributed by atoms with van der Waals surface area (Å²) in [4.78, 5) is 22.2. The SMILES string of the molecule is O=C(O)Cc1ccc2c(c1)C(=O)NCCO2. The van der Waals surface area contributed by atoms with Crippen molar-refractivity contribution in [3.05, 3.63) is 29.3 Å². The number of aliphatic carboxylic acids is 1. The van der Waals surface area contributed by atoms with Crippen LogP contribution in [0.15, 0.2) is 18.2 Å². The summed E-state index contributed by atoms with van der Waals surface area (Å²) in [6, 6.07) is 4.86. The predicted octanol–water partition coefficient (Wildman–Crippen LogP) is 0.436. The van der Waals surface area contributed by atoms with Gasteiger partial charge in [-0.3, -0.25) is 9.59 Å². The lowest BCUT2D eigenvalue weighted by molar-refractivity contribution is -0.136. The number of hydrogen-bond acceptors (Lipinski definition) is 3. The van der Waals surface area contributed by atoms with Crippen LogP contribution in [0.5, 0.6) is 5.75 Å². The van der Waals surface area contributed by atoms with Gasteiger partial charge in [-0.25, -0.2) is 0 Å². The maximum atomic E-state index is 11.6.